The van der Waals surface area contributed by atoms with Gasteiger partial charge in [0.05, 0.1) is 20.5 Å². The summed E-state index contributed by atoms with van der Waals surface area (Å²) < 4.78 is 0. The maximum Gasteiger partial charge on any atom is 0.503 e. The summed E-state index contributed by atoms with van der Waals surface area (Å²) in [7, 11) is 0. The lowest BCUT2D eigenvalue weighted by atomic mass is 9.88. The molecule has 3 N–H and O–H groups in total. The van der Waals surface area contributed by atoms with Crippen LogP contribution in [0.3, 0.4) is 0 Å². The van der Waals surface area contributed by atoms with E-state index in [1.165, 1.54) is 19.3 Å². The van der Waals surface area contributed by atoms with E-state index in [1.807, 2.05) is 25.1 Å². The van der Waals surface area contributed by atoms with Crippen molar-refractivity contribution in [3.05, 3.63) is 49.5 Å². The Morgan fingerprint density at radius 1 is 1.13 bits per heavy atom. The first kappa shape index (κ1) is 23.9. The van der Waals surface area contributed by atoms with Gasteiger partial charge in [0, 0.05) is 17.3 Å². The van der Waals surface area contributed by atoms with Gasteiger partial charge in [-0.25, -0.2) is 14.8 Å². The minimum absolute atomic E-state index is 0.440. The minimum atomic E-state index is -1.83. The van der Waals surface area contributed by atoms with Crippen LogP contribution >= 0.6 is 46.1 Å². The van der Waals surface area contributed by atoms with Crippen LogP contribution in [0.25, 0.3) is 10.2 Å². The van der Waals surface area contributed by atoms with E-state index >= 15 is 0 Å². The van der Waals surface area contributed by atoms with Crippen LogP contribution in [0.1, 0.15) is 54.3 Å². The molecule has 2 heterocycles. The van der Waals surface area contributed by atoms with Crippen LogP contribution in [0.2, 0.25) is 15.1 Å². The van der Waals surface area contributed by atoms with E-state index in [-0.39, 0.29) is 0 Å². The maximum absolute atomic E-state index is 8.56. The zero-order valence-corrected chi connectivity index (χ0v) is 19.9. The number of anilines is 1. The van der Waals surface area contributed by atoms with Crippen molar-refractivity contribution in [2.75, 3.05) is 5.32 Å². The molecule has 10 heteroatoms. The highest BCUT2D eigenvalue weighted by molar-refractivity contribution is 7.19. The van der Waals surface area contributed by atoms with Gasteiger partial charge in [-0.05, 0) is 37.5 Å². The number of fused-ring (bicyclic) bond motifs is 1. The Bertz CT molecular complexity index is 1080. The summed E-state index contributed by atoms with van der Waals surface area (Å²) in [5.74, 6) is 2.19. The number of thiophene rings is 1. The maximum atomic E-state index is 8.56. The van der Waals surface area contributed by atoms with Gasteiger partial charge in [0.15, 0.2) is 0 Å². The average molecular weight is 503 g/mol. The van der Waals surface area contributed by atoms with Gasteiger partial charge in [0.1, 0.15) is 16.5 Å². The van der Waals surface area contributed by atoms with Crippen molar-refractivity contribution in [3.8, 4) is 0 Å². The Hall–Kier alpha value is -1.80. The molecule has 0 saturated heterocycles. The lowest BCUT2D eigenvalue weighted by Crippen LogP contribution is -2.11. The van der Waals surface area contributed by atoms with Crippen molar-refractivity contribution >= 4 is 68.3 Å². The smallest absolute Gasteiger partial charge is 0.450 e. The molecule has 1 saturated carbocycles. The third kappa shape index (κ3) is 6.13. The molecule has 1 aliphatic rings. The Morgan fingerprint density at radius 2 is 1.81 bits per heavy atom. The molecule has 166 valence electrons. The largest absolute Gasteiger partial charge is 0.503 e. The summed E-state index contributed by atoms with van der Waals surface area (Å²) in [6.45, 7) is 2.62. The Morgan fingerprint density at radius 3 is 2.45 bits per heavy atom. The Kier molecular flexibility index (Phi) is 8.22. The topological polar surface area (TPSA) is 95.3 Å². The molecule has 6 nitrogen and oxygen atoms in total. The highest BCUT2D eigenvalue weighted by Crippen LogP contribution is 2.40. The first-order chi connectivity index (χ1) is 14.8. The van der Waals surface area contributed by atoms with Crippen LogP contribution < -0.4 is 5.32 Å². The van der Waals surface area contributed by atoms with Gasteiger partial charge in [0.25, 0.3) is 0 Å². The molecular weight excluding hydrogens is 481 g/mol. The van der Waals surface area contributed by atoms with E-state index in [0.29, 0.717) is 22.5 Å². The predicted molar refractivity (Wildman–Crippen MR) is 127 cm³/mol. The van der Waals surface area contributed by atoms with Crippen LogP contribution in [-0.2, 0) is 6.54 Å². The summed E-state index contributed by atoms with van der Waals surface area (Å²) in [6.07, 6.45) is 4.31. The lowest BCUT2D eigenvalue weighted by molar-refractivity contribution is 0.137. The van der Waals surface area contributed by atoms with E-state index in [9.17, 15) is 0 Å². The monoisotopic (exact) mass is 501 g/mol. The van der Waals surface area contributed by atoms with Crippen LogP contribution in [-0.4, -0.2) is 26.3 Å². The molecule has 0 aliphatic heterocycles. The van der Waals surface area contributed by atoms with Gasteiger partial charge in [-0.15, -0.1) is 11.3 Å². The number of halogens is 3. The predicted octanol–water partition coefficient (Wildman–Crippen LogP) is 7.84. The highest BCUT2D eigenvalue weighted by atomic mass is 35.5. The number of hydrogen-bond acceptors (Lipinski definition) is 5. The SMILES string of the molecule is Cc1sc2nc(C3CCCCC3)nc(NCc3ccc(Cl)c(Cl)c3)c2c1Cl.O=C(O)O. The molecule has 31 heavy (non-hydrogen) atoms. The van der Waals surface area contributed by atoms with E-state index < -0.39 is 6.16 Å². The highest BCUT2D eigenvalue weighted by Gasteiger charge is 2.22. The average Bonchev–Trinajstić information content (AvgIpc) is 3.02. The second kappa shape index (κ2) is 10.7. The molecule has 1 aliphatic carbocycles. The van der Waals surface area contributed by atoms with Crippen molar-refractivity contribution in [1.82, 2.24) is 9.97 Å². The van der Waals surface area contributed by atoms with Crippen molar-refractivity contribution in [3.63, 3.8) is 0 Å². The Balaban J connectivity index is 0.000000628. The number of aryl methyl sites for hydroxylation is 1. The lowest BCUT2D eigenvalue weighted by Gasteiger charge is -2.21. The number of nitrogens with zero attached hydrogens (tertiary/aromatic N) is 2. The third-order valence-electron chi connectivity index (χ3n) is 5.09. The first-order valence-corrected chi connectivity index (χ1v) is 11.8. The first-order valence-electron chi connectivity index (χ1n) is 9.82. The fourth-order valence-electron chi connectivity index (χ4n) is 3.60. The van der Waals surface area contributed by atoms with Gasteiger partial charge >= 0.3 is 6.16 Å². The molecule has 4 rings (SSSR count). The minimum Gasteiger partial charge on any atom is -0.450 e. The van der Waals surface area contributed by atoms with E-state index in [4.69, 9.17) is 59.8 Å². The van der Waals surface area contributed by atoms with Crippen molar-refractivity contribution < 1.29 is 15.0 Å². The molecule has 2 aromatic heterocycles. The van der Waals surface area contributed by atoms with Crippen LogP contribution in [0, 0.1) is 6.92 Å². The molecule has 0 radical (unpaired) electrons. The van der Waals surface area contributed by atoms with Crippen LogP contribution in [0.15, 0.2) is 18.2 Å². The molecular formula is C21H22Cl3N3O3S. The zero-order chi connectivity index (χ0) is 22.5. The summed E-state index contributed by atoms with van der Waals surface area (Å²) in [5, 5.41) is 20.2. The van der Waals surface area contributed by atoms with Crippen molar-refractivity contribution in [1.29, 1.82) is 0 Å². The fraction of sp³-hybridized carbons (Fsp3) is 0.381. The molecule has 1 fully saturated rings. The van der Waals surface area contributed by atoms with E-state index in [0.717, 1.165) is 50.2 Å². The molecule has 0 unspecified atom stereocenters. The molecule has 1 aromatic carbocycles. The molecule has 0 spiro atoms. The summed E-state index contributed by atoms with van der Waals surface area (Å²) >= 11 is 20.4. The third-order valence-corrected chi connectivity index (χ3v) is 7.41. The number of hydrogen-bond donors (Lipinski definition) is 3. The normalized spacial score (nSPS) is 14.2. The van der Waals surface area contributed by atoms with Gasteiger partial charge in [0.2, 0.25) is 0 Å². The number of aromatic nitrogens is 2. The summed E-state index contributed by atoms with van der Waals surface area (Å²) in [4.78, 5) is 20.3. The van der Waals surface area contributed by atoms with Gasteiger partial charge in [-0.2, -0.15) is 0 Å². The molecule has 0 atom stereocenters. The van der Waals surface area contributed by atoms with Crippen molar-refractivity contribution in [2.24, 2.45) is 0 Å². The Labute approximate surface area is 199 Å². The number of rotatable bonds is 4. The van der Waals surface area contributed by atoms with Gasteiger partial charge < -0.3 is 15.5 Å². The molecule has 0 bridgehead atoms. The van der Waals surface area contributed by atoms with Gasteiger partial charge in [-0.1, -0.05) is 60.1 Å². The summed E-state index contributed by atoms with van der Waals surface area (Å²) in [5.41, 5.74) is 1.04. The second-order valence-electron chi connectivity index (χ2n) is 7.30. The number of carboxylic acid groups (broad SMARTS) is 2. The van der Waals surface area contributed by atoms with E-state index in [2.05, 4.69) is 5.32 Å². The fourth-order valence-corrected chi connectivity index (χ4v) is 5.19. The van der Waals surface area contributed by atoms with Gasteiger partial charge in [-0.3, -0.25) is 0 Å². The molecule has 0 amide bonds. The standard InChI is InChI=1S/C20H20Cl3N3S.CH2O3/c1-11-17(23)16-19(24-10-12-7-8-14(21)15(22)9-12)25-18(26-20(16)27-11)13-5-3-2-4-6-13;2-1(3)4/h7-9,13H,2-6,10H2,1H3,(H,24,25,26);(H2,2,3,4). The van der Waals surface area contributed by atoms with E-state index in [1.54, 1.807) is 11.3 Å². The number of carbonyl (C=O) groups is 1. The molecule has 3 aromatic rings. The summed E-state index contributed by atoms with van der Waals surface area (Å²) in [6, 6.07) is 5.64. The van der Waals surface area contributed by atoms with Crippen LogP contribution in [0.5, 0.6) is 0 Å². The second-order valence-corrected chi connectivity index (χ2v) is 9.70. The van der Waals surface area contributed by atoms with Crippen molar-refractivity contribution in [2.45, 2.75) is 51.5 Å². The zero-order valence-electron chi connectivity index (χ0n) is 16.8. The quantitative estimate of drug-likeness (QED) is 0.336. The number of benzene rings is 1. The van der Waals surface area contributed by atoms with Crippen LogP contribution in [0.4, 0.5) is 10.6 Å². The number of nitrogens with one attached hydrogen (secondary N) is 1.